The van der Waals surface area contributed by atoms with E-state index >= 15 is 0 Å². The number of benzene rings is 1. The molecule has 0 bridgehead atoms. The number of guanidine groups is 1. The Bertz CT molecular complexity index is 794. The van der Waals surface area contributed by atoms with Gasteiger partial charge < -0.3 is 14.8 Å². The molecule has 27 heavy (non-hydrogen) atoms. The average Bonchev–Trinajstić information content (AvgIpc) is 2.94. The van der Waals surface area contributed by atoms with Crippen molar-refractivity contribution in [2.75, 3.05) is 20.1 Å². The summed E-state index contributed by atoms with van der Waals surface area (Å²) in [6.45, 7) is 3.95. The lowest BCUT2D eigenvalue weighted by molar-refractivity contribution is 0.378. The number of hydrogen-bond donors (Lipinski definition) is 1. The third-order valence-electron chi connectivity index (χ3n) is 5.69. The first-order valence-electron chi connectivity index (χ1n) is 10.3. The van der Waals surface area contributed by atoms with E-state index in [9.17, 15) is 0 Å². The van der Waals surface area contributed by atoms with Crippen molar-refractivity contribution in [2.24, 2.45) is 4.99 Å². The maximum atomic E-state index is 4.50. The minimum atomic E-state index is 0.910. The third-order valence-corrected chi connectivity index (χ3v) is 5.69. The number of hydrogen-bond acceptors (Lipinski definition) is 3. The molecule has 1 N–H and O–H groups in total. The standard InChI is InChI=1S/C21H30N6/c1-22-21(26-15-12-17-8-4-5-9-18(17)16-26)23-13-7-11-20-25-24-19-10-3-2-6-14-27(19)20/h4-5,8-9H,2-3,6-7,10-16H2,1H3,(H,22,23). The molecule has 0 saturated heterocycles. The van der Waals surface area contributed by atoms with Gasteiger partial charge in [-0.25, -0.2) is 0 Å². The molecule has 0 amide bonds. The molecule has 0 fully saturated rings. The number of nitrogens with one attached hydrogen (secondary N) is 1. The number of aliphatic imine (C=N–C) groups is 1. The van der Waals surface area contributed by atoms with Crippen LogP contribution in [0.4, 0.5) is 0 Å². The zero-order chi connectivity index (χ0) is 18.5. The Balaban J connectivity index is 1.28. The predicted molar refractivity (Wildman–Crippen MR) is 108 cm³/mol. The Morgan fingerprint density at radius 2 is 1.96 bits per heavy atom. The fourth-order valence-corrected chi connectivity index (χ4v) is 4.19. The van der Waals surface area contributed by atoms with Crippen molar-refractivity contribution in [2.45, 2.75) is 58.0 Å². The van der Waals surface area contributed by atoms with Gasteiger partial charge in [-0.15, -0.1) is 10.2 Å². The Morgan fingerprint density at radius 3 is 2.85 bits per heavy atom. The van der Waals surface area contributed by atoms with E-state index in [1.807, 2.05) is 7.05 Å². The van der Waals surface area contributed by atoms with E-state index in [1.54, 1.807) is 0 Å². The summed E-state index contributed by atoms with van der Waals surface area (Å²) in [4.78, 5) is 6.85. The Hall–Kier alpha value is -2.37. The van der Waals surface area contributed by atoms with Gasteiger partial charge in [0, 0.05) is 46.1 Å². The Kier molecular flexibility index (Phi) is 5.70. The van der Waals surface area contributed by atoms with Crippen molar-refractivity contribution in [1.82, 2.24) is 25.0 Å². The molecule has 144 valence electrons. The van der Waals surface area contributed by atoms with Gasteiger partial charge in [0.25, 0.3) is 0 Å². The molecular formula is C21H30N6. The molecule has 3 heterocycles. The second kappa shape index (κ2) is 8.55. The van der Waals surface area contributed by atoms with Crippen molar-refractivity contribution in [1.29, 1.82) is 0 Å². The molecule has 1 aromatic heterocycles. The molecule has 0 aliphatic carbocycles. The molecule has 2 aromatic rings. The van der Waals surface area contributed by atoms with E-state index in [0.717, 1.165) is 63.6 Å². The summed E-state index contributed by atoms with van der Waals surface area (Å²) in [6, 6.07) is 8.73. The summed E-state index contributed by atoms with van der Waals surface area (Å²) in [6.07, 6.45) is 7.98. The molecule has 6 nitrogen and oxygen atoms in total. The molecular weight excluding hydrogens is 336 g/mol. The number of aromatic nitrogens is 3. The second-order valence-electron chi connectivity index (χ2n) is 7.51. The Morgan fingerprint density at radius 1 is 1.07 bits per heavy atom. The Labute approximate surface area is 161 Å². The van der Waals surface area contributed by atoms with Crippen LogP contribution in [0, 0.1) is 0 Å². The number of aryl methyl sites for hydroxylation is 2. The van der Waals surface area contributed by atoms with Gasteiger partial charge in [0.1, 0.15) is 11.6 Å². The highest BCUT2D eigenvalue weighted by atomic mass is 15.3. The van der Waals surface area contributed by atoms with Gasteiger partial charge in [-0.05, 0) is 36.8 Å². The summed E-state index contributed by atoms with van der Waals surface area (Å²) >= 11 is 0. The van der Waals surface area contributed by atoms with Crippen molar-refractivity contribution in [3.05, 3.63) is 47.0 Å². The van der Waals surface area contributed by atoms with Gasteiger partial charge >= 0.3 is 0 Å². The van der Waals surface area contributed by atoms with Crippen LogP contribution in [0.15, 0.2) is 29.3 Å². The van der Waals surface area contributed by atoms with Gasteiger partial charge in [-0.3, -0.25) is 4.99 Å². The third kappa shape index (κ3) is 4.15. The van der Waals surface area contributed by atoms with Crippen molar-refractivity contribution >= 4 is 5.96 Å². The second-order valence-corrected chi connectivity index (χ2v) is 7.51. The minimum absolute atomic E-state index is 0.910. The van der Waals surface area contributed by atoms with Crippen molar-refractivity contribution < 1.29 is 0 Å². The van der Waals surface area contributed by atoms with E-state index in [4.69, 9.17) is 0 Å². The molecule has 6 heteroatoms. The molecule has 2 aliphatic rings. The highest BCUT2D eigenvalue weighted by molar-refractivity contribution is 5.80. The van der Waals surface area contributed by atoms with Crippen molar-refractivity contribution in [3.63, 3.8) is 0 Å². The van der Waals surface area contributed by atoms with E-state index in [-0.39, 0.29) is 0 Å². The fourth-order valence-electron chi connectivity index (χ4n) is 4.19. The van der Waals surface area contributed by atoms with Gasteiger partial charge in [0.2, 0.25) is 0 Å². The first kappa shape index (κ1) is 18.0. The summed E-state index contributed by atoms with van der Waals surface area (Å²) in [5, 5.41) is 12.4. The summed E-state index contributed by atoms with van der Waals surface area (Å²) in [7, 11) is 1.88. The van der Waals surface area contributed by atoms with Crippen LogP contribution >= 0.6 is 0 Å². The lowest BCUT2D eigenvalue weighted by Gasteiger charge is -2.31. The number of nitrogens with zero attached hydrogens (tertiary/aromatic N) is 5. The first-order valence-corrected chi connectivity index (χ1v) is 10.3. The highest BCUT2D eigenvalue weighted by Gasteiger charge is 2.19. The molecule has 0 radical (unpaired) electrons. The van der Waals surface area contributed by atoms with Crippen LogP contribution in [0.1, 0.15) is 48.5 Å². The monoisotopic (exact) mass is 366 g/mol. The molecule has 0 spiro atoms. The average molecular weight is 367 g/mol. The van der Waals surface area contributed by atoms with Crippen LogP contribution in [0.25, 0.3) is 0 Å². The number of rotatable bonds is 4. The quantitative estimate of drug-likeness (QED) is 0.513. The van der Waals surface area contributed by atoms with E-state index in [1.165, 1.54) is 36.2 Å². The zero-order valence-corrected chi connectivity index (χ0v) is 16.3. The maximum Gasteiger partial charge on any atom is 0.193 e. The van der Waals surface area contributed by atoms with Crippen LogP contribution < -0.4 is 5.32 Å². The molecule has 2 aliphatic heterocycles. The molecule has 0 unspecified atom stereocenters. The van der Waals surface area contributed by atoms with Gasteiger partial charge in [0.15, 0.2) is 5.96 Å². The van der Waals surface area contributed by atoms with Gasteiger partial charge in [0.05, 0.1) is 0 Å². The van der Waals surface area contributed by atoms with E-state index < -0.39 is 0 Å². The largest absolute Gasteiger partial charge is 0.356 e. The lowest BCUT2D eigenvalue weighted by atomic mass is 10.0. The van der Waals surface area contributed by atoms with E-state index in [2.05, 4.69) is 54.2 Å². The smallest absolute Gasteiger partial charge is 0.193 e. The van der Waals surface area contributed by atoms with E-state index in [0.29, 0.717) is 0 Å². The van der Waals surface area contributed by atoms with Crippen LogP contribution in [-0.2, 0) is 32.4 Å². The molecule has 1 aromatic carbocycles. The van der Waals surface area contributed by atoms with Crippen LogP contribution in [0.2, 0.25) is 0 Å². The SMILES string of the molecule is CN=C(NCCCc1nnc2n1CCCCC2)N1CCc2ccccc2C1. The van der Waals surface area contributed by atoms with Crippen LogP contribution in [-0.4, -0.2) is 45.8 Å². The zero-order valence-electron chi connectivity index (χ0n) is 16.3. The molecule has 0 atom stereocenters. The molecule has 4 rings (SSSR count). The highest BCUT2D eigenvalue weighted by Crippen LogP contribution is 2.18. The maximum absolute atomic E-state index is 4.50. The van der Waals surface area contributed by atoms with Crippen LogP contribution in [0.3, 0.4) is 0 Å². The lowest BCUT2D eigenvalue weighted by Crippen LogP contribution is -2.44. The first-order chi connectivity index (χ1) is 13.3. The van der Waals surface area contributed by atoms with Gasteiger partial charge in [-0.2, -0.15) is 0 Å². The van der Waals surface area contributed by atoms with Crippen molar-refractivity contribution in [3.8, 4) is 0 Å². The summed E-state index contributed by atoms with van der Waals surface area (Å²) < 4.78 is 2.35. The molecule has 0 saturated carbocycles. The predicted octanol–water partition coefficient (Wildman–Crippen LogP) is 2.57. The number of fused-ring (bicyclic) bond motifs is 2. The normalized spacial score (nSPS) is 17.2. The summed E-state index contributed by atoms with van der Waals surface area (Å²) in [5.74, 6) is 3.33. The van der Waals surface area contributed by atoms with Crippen LogP contribution in [0.5, 0.6) is 0 Å². The minimum Gasteiger partial charge on any atom is -0.356 e. The summed E-state index contributed by atoms with van der Waals surface area (Å²) in [5.41, 5.74) is 2.88. The fraction of sp³-hybridized carbons (Fsp3) is 0.571. The topological polar surface area (TPSA) is 58.3 Å². The van der Waals surface area contributed by atoms with Gasteiger partial charge in [-0.1, -0.05) is 30.7 Å².